The topological polar surface area (TPSA) is 84.2 Å². The number of aromatic nitrogens is 3. The van der Waals surface area contributed by atoms with Crippen molar-refractivity contribution >= 4 is 40.3 Å². The highest BCUT2D eigenvalue weighted by atomic mass is 32.2. The molecule has 0 saturated heterocycles. The predicted octanol–water partition coefficient (Wildman–Crippen LogP) is 5.80. The minimum atomic E-state index is -0.529. The fraction of sp³-hybridized carbons (Fsp3) is 0.103. The number of nitrogens with one attached hydrogen (secondary N) is 2. The van der Waals surface area contributed by atoms with Crippen LogP contribution in [-0.4, -0.2) is 32.1 Å². The maximum absolute atomic E-state index is 13.8. The number of benzene rings is 4. The van der Waals surface area contributed by atoms with Crippen LogP contribution in [0.2, 0.25) is 0 Å². The molecule has 1 unspecified atom stereocenters. The summed E-state index contributed by atoms with van der Waals surface area (Å²) < 4.78 is 15.7. The Morgan fingerprint density at radius 1 is 0.974 bits per heavy atom. The molecule has 190 valence electrons. The highest BCUT2D eigenvalue weighted by Crippen LogP contribution is 2.27. The summed E-state index contributed by atoms with van der Waals surface area (Å²) >= 11 is 1.27. The molecule has 0 fully saturated rings. The van der Waals surface area contributed by atoms with Crippen LogP contribution in [0.5, 0.6) is 0 Å². The third-order valence-corrected chi connectivity index (χ3v) is 6.92. The van der Waals surface area contributed by atoms with Gasteiger partial charge in [-0.05, 0) is 36.6 Å². The van der Waals surface area contributed by atoms with Crippen molar-refractivity contribution in [1.29, 1.82) is 0 Å². The van der Waals surface area contributed by atoms with Crippen molar-refractivity contribution < 1.29 is 9.18 Å². The summed E-state index contributed by atoms with van der Waals surface area (Å²) in [7, 11) is 0. The van der Waals surface area contributed by atoms with Gasteiger partial charge in [0.2, 0.25) is 0 Å². The molecule has 0 aliphatic carbocycles. The number of anilines is 1. The van der Waals surface area contributed by atoms with Gasteiger partial charge in [0.1, 0.15) is 5.82 Å². The van der Waals surface area contributed by atoms with Gasteiger partial charge in [-0.15, -0.1) is 10.2 Å². The number of carbonyl (C=O) groups excluding carboxylic acids is 1. The Balaban J connectivity index is 1.33. The van der Waals surface area contributed by atoms with Crippen LogP contribution in [0.1, 0.15) is 18.3 Å². The molecule has 38 heavy (non-hydrogen) atoms. The molecule has 0 aliphatic rings. The van der Waals surface area contributed by atoms with E-state index in [1.54, 1.807) is 25.1 Å². The molecule has 0 spiro atoms. The largest absolute Gasteiger partial charge is 0.377 e. The molecule has 1 atom stereocenters. The van der Waals surface area contributed by atoms with Crippen LogP contribution in [0.3, 0.4) is 0 Å². The van der Waals surface area contributed by atoms with E-state index in [1.807, 2.05) is 59.2 Å². The second kappa shape index (κ2) is 11.7. The summed E-state index contributed by atoms with van der Waals surface area (Å²) in [6.07, 6.45) is 1.29. The van der Waals surface area contributed by atoms with Crippen LogP contribution in [0.4, 0.5) is 10.1 Å². The van der Waals surface area contributed by atoms with Gasteiger partial charge in [0.05, 0.1) is 18.0 Å². The van der Waals surface area contributed by atoms with E-state index in [9.17, 15) is 9.18 Å². The molecule has 7 nitrogen and oxygen atoms in total. The first kappa shape index (κ1) is 25.2. The third-order valence-electron chi connectivity index (χ3n) is 5.88. The van der Waals surface area contributed by atoms with Crippen molar-refractivity contribution in [3.05, 3.63) is 114 Å². The normalized spacial score (nSPS) is 12.1. The molecule has 0 saturated carbocycles. The van der Waals surface area contributed by atoms with Crippen molar-refractivity contribution in [2.45, 2.75) is 23.9 Å². The Bertz CT molecular complexity index is 1580. The highest BCUT2D eigenvalue weighted by molar-refractivity contribution is 8.00. The van der Waals surface area contributed by atoms with Gasteiger partial charge in [-0.2, -0.15) is 5.10 Å². The lowest BCUT2D eigenvalue weighted by molar-refractivity contribution is -0.120. The van der Waals surface area contributed by atoms with Gasteiger partial charge in [0, 0.05) is 22.3 Å². The van der Waals surface area contributed by atoms with Crippen molar-refractivity contribution in [1.82, 2.24) is 20.2 Å². The van der Waals surface area contributed by atoms with Crippen LogP contribution in [0.25, 0.3) is 16.5 Å². The van der Waals surface area contributed by atoms with Gasteiger partial charge < -0.3 is 5.32 Å². The lowest BCUT2D eigenvalue weighted by Gasteiger charge is -2.14. The van der Waals surface area contributed by atoms with E-state index in [-0.39, 0.29) is 5.91 Å². The number of carbonyl (C=O) groups is 1. The van der Waals surface area contributed by atoms with Crippen LogP contribution in [-0.2, 0) is 11.3 Å². The first-order chi connectivity index (χ1) is 18.6. The van der Waals surface area contributed by atoms with Gasteiger partial charge in [0.25, 0.3) is 5.91 Å². The maximum atomic E-state index is 13.8. The fourth-order valence-corrected chi connectivity index (χ4v) is 4.81. The van der Waals surface area contributed by atoms with E-state index in [0.717, 1.165) is 22.1 Å². The molecule has 0 bridgehead atoms. The van der Waals surface area contributed by atoms with Gasteiger partial charge in [-0.3, -0.25) is 9.36 Å². The molecular formula is C29H25FN6OS. The van der Waals surface area contributed by atoms with Gasteiger partial charge in [-0.1, -0.05) is 84.6 Å². The van der Waals surface area contributed by atoms with E-state index >= 15 is 0 Å². The number of rotatable bonds is 9. The highest BCUT2D eigenvalue weighted by Gasteiger charge is 2.21. The first-order valence-electron chi connectivity index (χ1n) is 12.1. The average Bonchev–Trinajstić information content (AvgIpc) is 3.35. The zero-order valence-electron chi connectivity index (χ0n) is 20.6. The summed E-state index contributed by atoms with van der Waals surface area (Å²) in [4.78, 5) is 12.7. The number of fused-ring (bicyclic) bond motifs is 1. The van der Waals surface area contributed by atoms with E-state index in [1.165, 1.54) is 24.0 Å². The second-order valence-corrected chi connectivity index (χ2v) is 9.77. The molecule has 5 rings (SSSR count). The van der Waals surface area contributed by atoms with Gasteiger partial charge in [-0.25, -0.2) is 9.82 Å². The molecular weight excluding hydrogens is 499 g/mol. The zero-order valence-corrected chi connectivity index (χ0v) is 21.4. The van der Waals surface area contributed by atoms with Crippen molar-refractivity contribution in [3.63, 3.8) is 0 Å². The van der Waals surface area contributed by atoms with Crippen molar-refractivity contribution in [3.8, 4) is 5.69 Å². The number of amides is 1. The molecule has 2 N–H and O–H groups in total. The Kier molecular flexibility index (Phi) is 7.75. The number of nitrogens with zero attached hydrogens (tertiary/aromatic N) is 4. The molecule has 5 aromatic rings. The lowest BCUT2D eigenvalue weighted by atomic mass is 10.1. The molecule has 1 heterocycles. The summed E-state index contributed by atoms with van der Waals surface area (Å²) in [6, 6.07) is 30.3. The summed E-state index contributed by atoms with van der Waals surface area (Å²) in [5.74, 6) is -0.0361. The predicted molar refractivity (Wildman–Crippen MR) is 150 cm³/mol. The van der Waals surface area contributed by atoms with E-state index in [2.05, 4.69) is 44.2 Å². The lowest BCUT2D eigenvalue weighted by Crippen LogP contribution is -2.27. The SMILES string of the molecule is CC(Sc1nnc(CNc2cccc3ccccc23)n1-c1ccccc1)C(=O)NN=Cc1ccccc1F. The summed E-state index contributed by atoms with van der Waals surface area (Å²) in [5, 5.41) is 18.6. The summed E-state index contributed by atoms with van der Waals surface area (Å²) in [5.41, 5.74) is 4.66. The molecule has 4 aromatic carbocycles. The van der Waals surface area contributed by atoms with E-state index in [0.29, 0.717) is 23.1 Å². The smallest absolute Gasteiger partial charge is 0.253 e. The Morgan fingerprint density at radius 2 is 1.71 bits per heavy atom. The number of hydrogen-bond acceptors (Lipinski definition) is 6. The molecule has 1 aromatic heterocycles. The molecule has 0 aliphatic heterocycles. The number of hydrogen-bond donors (Lipinski definition) is 2. The number of halogens is 1. The number of thioether (sulfide) groups is 1. The minimum absolute atomic E-state index is 0.292. The van der Waals surface area contributed by atoms with Crippen molar-refractivity contribution in [2.75, 3.05) is 5.32 Å². The molecule has 0 radical (unpaired) electrons. The standard InChI is InChI=1S/C29H25FN6OS/c1-20(28(37)34-32-18-22-11-6-8-16-25(22)30)38-29-35-33-27(36(29)23-13-3-2-4-14-23)19-31-26-17-9-12-21-10-5-7-15-24(21)26/h2-18,20,31H,19H2,1H3,(H,34,37). The van der Waals surface area contributed by atoms with Crippen LogP contribution < -0.4 is 10.7 Å². The third kappa shape index (κ3) is 5.73. The molecule has 9 heteroatoms. The van der Waals surface area contributed by atoms with E-state index < -0.39 is 11.1 Å². The fourth-order valence-electron chi connectivity index (χ4n) is 3.93. The Labute approximate surface area is 223 Å². The van der Waals surface area contributed by atoms with E-state index in [4.69, 9.17) is 0 Å². The Hall–Kier alpha value is -4.50. The quantitative estimate of drug-likeness (QED) is 0.145. The average molecular weight is 525 g/mol. The van der Waals surface area contributed by atoms with Crippen LogP contribution in [0.15, 0.2) is 107 Å². The monoisotopic (exact) mass is 524 g/mol. The second-order valence-electron chi connectivity index (χ2n) is 8.47. The van der Waals surface area contributed by atoms with Gasteiger partial charge >= 0.3 is 0 Å². The first-order valence-corrected chi connectivity index (χ1v) is 12.9. The number of para-hydroxylation sites is 1. The zero-order chi connectivity index (χ0) is 26.3. The maximum Gasteiger partial charge on any atom is 0.253 e. The van der Waals surface area contributed by atoms with Crippen molar-refractivity contribution in [2.24, 2.45) is 5.10 Å². The minimum Gasteiger partial charge on any atom is -0.377 e. The van der Waals surface area contributed by atoms with Crippen LogP contribution in [0, 0.1) is 5.82 Å². The Morgan fingerprint density at radius 3 is 2.55 bits per heavy atom. The van der Waals surface area contributed by atoms with Crippen LogP contribution >= 0.6 is 11.8 Å². The number of hydrazone groups is 1. The molecule has 1 amide bonds. The van der Waals surface area contributed by atoms with Gasteiger partial charge in [0.15, 0.2) is 11.0 Å². The summed E-state index contributed by atoms with van der Waals surface area (Å²) in [6.45, 7) is 2.20.